The number of benzene rings is 2. The largest absolute Gasteiger partial charge is 0.457 e. The van der Waals surface area contributed by atoms with Gasteiger partial charge in [-0.05, 0) is 18.6 Å². The number of amides is 1. The predicted molar refractivity (Wildman–Crippen MR) is 106 cm³/mol. The second kappa shape index (κ2) is 8.09. The first-order valence-corrected chi connectivity index (χ1v) is 9.59. The molecule has 0 radical (unpaired) electrons. The van der Waals surface area contributed by atoms with Crippen LogP contribution in [0.5, 0.6) is 0 Å². The molecule has 3 rings (SSSR count). The fraction of sp³-hybridized carbons (Fsp3) is 0.300. The van der Waals surface area contributed by atoms with Gasteiger partial charge in [-0.1, -0.05) is 71.2 Å². The molecule has 142 valence electrons. The van der Waals surface area contributed by atoms with E-state index in [4.69, 9.17) is 39.5 Å². The minimum Gasteiger partial charge on any atom is -0.457 e. The second-order valence-corrected chi connectivity index (χ2v) is 7.68. The Bertz CT molecular complexity index is 872. The Morgan fingerprint density at radius 3 is 2.44 bits per heavy atom. The van der Waals surface area contributed by atoms with Crippen LogP contribution in [0.15, 0.2) is 42.5 Å². The Morgan fingerprint density at radius 1 is 1.11 bits per heavy atom. The van der Waals surface area contributed by atoms with E-state index in [0.717, 1.165) is 5.56 Å². The molecule has 0 N–H and O–H groups in total. The highest BCUT2D eigenvalue weighted by molar-refractivity contribution is 6.48. The minimum atomic E-state index is -0.628. The van der Waals surface area contributed by atoms with Crippen molar-refractivity contribution in [3.05, 3.63) is 68.7 Å². The maximum atomic E-state index is 12.9. The molecule has 1 saturated heterocycles. The van der Waals surface area contributed by atoms with Gasteiger partial charge >= 0.3 is 5.97 Å². The van der Waals surface area contributed by atoms with Crippen LogP contribution in [0.3, 0.4) is 0 Å². The highest BCUT2D eigenvalue weighted by Crippen LogP contribution is 2.40. The van der Waals surface area contributed by atoms with Gasteiger partial charge in [-0.15, -0.1) is 0 Å². The van der Waals surface area contributed by atoms with Crippen molar-refractivity contribution in [1.29, 1.82) is 0 Å². The molecule has 3 atom stereocenters. The summed E-state index contributed by atoms with van der Waals surface area (Å²) in [7, 11) is 1.70. The van der Waals surface area contributed by atoms with Gasteiger partial charge in [0.2, 0.25) is 5.91 Å². The number of esters is 1. The molecule has 7 heteroatoms. The first-order chi connectivity index (χ1) is 12.8. The van der Waals surface area contributed by atoms with E-state index in [1.807, 2.05) is 30.3 Å². The summed E-state index contributed by atoms with van der Waals surface area (Å²) >= 11 is 18.3. The van der Waals surface area contributed by atoms with E-state index in [1.54, 1.807) is 31.0 Å². The van der Waals surface area contributed by atoms with Crippen molar-refractivity contribution in [2.24, 2.45) is 5.92 Å². The van der Waals surface area contributed by atoms with Crippen LogP contribution in [0.1, 0.15) is 36.6 Å². The first-order valence-electron chi connectivity index (χ1n) is 8.45. The first kappa shape index (κ1) is 20.0. The summed E-state index contributed by atoms with van der Waals surface area (Å²) in [5.74, 6) is -1.13. The molecule has 0 spiro atoms. The summed E-state index contributed by atoms with van der Waals surface area (Å²) in [5.41, 5.74) is 1.46. The number of carbonyl (C=O) groups excluding carboxylic acids is 2. The molecule has 0 aromatic heterocycles. The van der Waals surface area contributed by atoms with E-state index in [-0.39, 0.29) is 28.4 Å². The molecule has 0 bridgehead atoms. The topological polar surface area (TPSA) is 46.6 Å². The number of likely N-dealkylation sites (tertiary alicyclic amines) is 1. The third-order valence-corrected chi connectivity index (χ3v) is 6.13. The van der Waals surface area contributed by atoms with Crippen molar-refractivity contribution in [2.75, 3.05) is 7.05 Å². The van der Waals surface area contributed by atoms with Gasteiger partial charge in [-0.3, -0.25) is 9.59 Å². The number of hydrogen-bond acceptors (Lipinski definition) is 3. The summed E-state index contributed by atoms with van der Waals surface area (Å²) in [6.07, 6.45) is -0.520. The summed E-state index contributed by atoms with van der Waals surface area (Å²) in [4.78, 5) is 26.7. The van der Waals surface area contributed by atoms with Crippen LogP contribution < -0.4 is 0 Å². The molecule has 1 aliphatic heterocycles. The molecule has 2 aromatic carbocycles. The Balaban J connectivity index is 1.82. The zero-order valence-electron chi connectivity index (χ0n) is 14.8. The van der Waals surface area contributed by atoms with Crippen LogP contribution in [0.4, 0.5) is 0 Å². The quantitative estimate of drug-likeness (QED) is 0.481. The molecular formula is C20H18Cl3NO3. The van der Waals surface area contributed by atoms with Gasteiger partial charge in [0.25, 0.3) is 0 Å². The minimum absolute atomic E-state index is 0.0916. The lowest BCUT2D eigenvalue weighted by atomic mass is 9.93. The lowest BCUT2D eigenvalue weighted by Crippen LogP contribution is -2.28. The number of ether oxygens (including phenoxy) is 1. The summed E-state index contributed by atoms with van der Waals surface area (Å²) in [6.45, 7) is 1.71. The van der Waals surface area contributed by atoms with E-state index in [2.05, 4.69) is 0 Å². The monoisotopic (exact) mass is 425 g/mol. The van der Waals surface area contributed by atoms with Crippen LogP contribution in [0.25, 0.3) is 0 Å². The number of halogens is 3. The Hall–Kier alpha value is -1.75. The fourth-order valence-corrected chi connectivity index (χ4v) is 4.06. The summed E-state index contributed by atoms with van der Waals surface area (Å²) in [6, 6.07) is 12.4. The molecule has 2 aromatic rings. The van der Waals surface area contributed by atoms with Crippen LogP contribution >= 0.6 is 34.8 Å². The van der Waals surface area contributed by atoms with Gasteiger partial charge in [0, 0.05) is 19.0 Å². The molecule has 1 fully saturated rings. The third kappa shape index (κ3) is 3.93. The molecule has 1 amide bonds. The zero-order valence-corrected chi connectivity index (χ0v) is 17.1. The molecule has 4 nitrogen and oxygen atoms in total. The highest BCUT2D eigenvalue weighted by Gasteiger charge is 2.44. The number of rotatable bonds is 4. The molecule has 0 saturated carbocycles. The molecule has 1 heterocycles. The average Bonchev–Trinajstić information content (AvgIpc) is 2.95. The van der Waals surface area contributed by atoms with E-state index in [1.165, 1.54) is 0 Å². The van der Waals surface area contributed by atoms with Crippen LogP contribution in [0.2, 0.25) is 15.1 Å². The molecule has 0 unspecified atom stereocenters. The predicted octanol–water partition coefficient (Wildman–Crippen LogP) is 5.47. The van der Waals surface area contributed by atoms with Crippen molar-refractivity contribution >= 4 is 46.7 Å². The zero-order chi connectivity index (χ0) is 19.7. The van der Waals surface area contributed by atoms with Gasteiger partial charge in [-0.25, -0.2) is 0 Å². The number of carbonyl (C=O) groups is 2. The Labute approximate surface area is 173 Å². The normalized spacial score (nSPS) is 20.6. The summed E-state index contributed by atoms with van der Waals surface area (Å²) < 4.78 is 5.64. The van der Waals surface area contributed by atoms with Gasteiger partial charge in [0.1, 0.15) is 6.10 Å². The van der Waals surface area contributed by atoms with Crippen molar-refractivity contribution in [1.82, 2.24) is 4.90 Å². The lowest BCUT2D eigenvalue weighted by molar-refractivity contribution is -0.154. The van der Waals surface area contributed by atoms with Crippen molar-refractivity contribution < 1.29 is 14.3 Å². The smallest absolute Gasteiger partial charge is 0.312 e. The average molecular weight is 427 g/mol. The molecule has 1 aliphatic rings. The third-order valence-electron chi connectivity index (χ3n) is 4.83. The van der Waals surface area contributed by atoms with E-state index >= 15 is 0 Å². The molecular weight excluding hydrogens is 409 g/mol. The number of hydrogen-bond donors (Lipinski definition) is 0. The van der Waals surface area contributed by atoms with E-state index in [0.29, 0.717) is 10.6 Å². The second-order valence-electron chi connectivity index (χ2n) is 6.51. The van der Waals surface area contributed by atoms with Gasteiger partial charge in [0.05, 0.1) is 27.0 Å². The highest BCUT2D eigenvalue weighted by atomic mass is 35.5. The Kier molecular flexibility index (Phi) is 5.99. The van der Waals surface area contributed by atoms with E-state index < -0.39 is 18.0 Å². The lowest BCUT2D eigenvalue weighted by Gasteiger charge is -2.25. The maximum absolute atomic E-state index is 12.9. The van der Waals surface area contributed by atoms with Gasteiger partial charge in [-0.2, -0.15) is 0 Å². The number of nitrogens with zero attached hydrogens (tertiary/aromatic N) is 1. The van der Waals surface area contributed by atoms with Crippen LogP contribution in [-0.4, -0.2) is 23.8 Å². The molecule has 0 aliphatic carbocycles. The SMILES string of the molecule is C[C@@H](OC(=O)[C@H]1CC(=O)N(C)[C@@H]1c1ccccc1)c1ccc(Cl)c(Cl)c1Cl. The fourth-order valence-electron chi connectivity index (χ4n) is 3.37. The summed E-state index contributed by atoms with van der Waals surface area (Å²) in [5, 5.41) is 0.802. The van der Waals surface area contributed by atoms with Gasteiger partial charge < -0.3 is 9.64 Å². The standard InChI is InChI=1S/C20H18Cl3NO3/c1-11(13-8-9-15(21)18(23)17(13)22)27-20(26)14-10-16(25)24(2)19(14)12-6-4-3-5-7-12/h3-9,11,14,19H,10H2,1-2H3/t11-,14+,19-/m1/s1. The van der Waals surface area contributed by atoms with Crippen molar-refractivity contribution in [3.63, 3.8) is 0 Å². The maximum Gasteiger partial charge on any atom is 0.312 e. The van der Waals surface area contributed by atoms with Crippen LogP contribution in [0, 0.1) is 5.92 Å². The Morgan fingerprint density at radius 2 is 1.78 bits per heavy atom. The van der Waals surface area contributed by atoms with E-state index in [9.17, 15) is 9.59 Å². The van der Waals surface area contributed by atoms with Crippen molar-refractivity contribution in [3.8, 4) is 0 Å². The van der Waals surface area contributed by atoms with Gasteiger partial charge in [0.15, 0.2) is 0 Å². The molecule has 27 heavy (non-hydrogen) atoms. The van der Waals surface area contributed by atoms with Crippen LogP contribution in [-0.2, 0) is 14.3 Å². The van der Waals surface area contributed by atoms with Crippen molar-refractivity contribution in [2.45, 2.75) is 25.5 Å².